The molecule has 2 aromatic rings. The topological polar surface area (TPSA) is 67.7 Å². The molecule has 0 spiro atoms. The van der Waals surface area contributed by atoms with Gasteiger partial charge >= 0.3 is 6.09 Å². The molecule has 7 nitrogen and oxygen atoms in total. The summed E-state index contributed by atoms with van der Waals surface area (Å²) in [5.74, 6) is -0.0519. The molecule has 1 atom stereocenters. The molecule has 7 heteroatoms. The summed E-state index contributed by atoms with van der Waals surface area (Å²) in [6, 6.07) is 5.64. The van der Waals surface area contributed by atoms with Gasteiger partial charge in [0.15, 0.2) is 0 Å². The SMILES string of the molecule is CC(=O)N1c2ccc(-c3cnn(C(C)(C)C)c3)cc2N(C(=O)OC(C)C)C[C@@H]1C. The fraction of sp³-hybridized carbons (Fsp3) is 0.500. The van der Waals surface area contributed by atoms with Crippen molar-refractivity contribution in [3.8, 4) is 11.1 Å². The Morgan fingerprint density at radius 3 is 2.41 bits per heavy atom. The highest BCUT2D eigenvalue weighted by Crippen LogP contribution is 2.39. The standard InChI is InChI=1S/C22H30N4O3/c1-14(2)29-21(28)24-12-15(3)26(16(4)27)19-9-8-17(10-20(19)24)18-11-23-25(13-18)22(5,6)7/h8-11,13-15H,12H2,1-7H3/t15-/m0/s1. The minimum atomic E-state index is -0.404. The number of benzene rings is 1. The molecule has 1 aliphatic rings. The average molecular weight is 399 g/mol. The third-order valence-corrected chi connectivity index (χ3v) is 4.91. The van der Waals surface area contributed by atoms with Crippen LogP contribution in [0.5, 0.6) is 0 Å². The first-order valence-electron chi connectivity index (χ1n) is 9.96. The molecular formula is C22H30N4O3. The molecule has 0 fully saturated rings. The van der Waals surface area contributed by atoms with E-state index in [1.54, 1.807) is 16.7 Å². The predicted octanol–water partition coefficient (Wildman–Crippen LogP) is 4.41. The number of carbonyl (C=O) groups is 2. The van der Waals surface area contributed by atoms with E-state index in [0.29, 0.717) is 17.9 Å². The zero-order valence-corrected chi connectivity index (χ0v) is 18.3. The van der Waals surface area contributed by atoms with Crippen LogP contribution in [0.15, 0.2) is 30.6 Å². The minimum absolute atomic E-state index is 0.0519. The average Bonchev–Trinajstić information content (AvgIpc) is 3.10. The molecule has 0 radical (unpaired) electrons. The summed E-state index contributed by atoms with van der Waals surface area (Å²) in [4.78, 5) is 28.4. The molecule has 0 N–H and O–H groups in total. The summed E-state index contributed by atoms with van der Waals surface area (Å²) >= 11 is 0. The van der Waals surface area contributed by atoms with E-state index in [-0.39, 0.29) is 23.6 Å². The van der Waals surface area contributed by atoms with Gasteiger partial charge in [0.05, 0.1) is 35.3 Å². The van der Waals surface area contributed by atoms with E-state index < -0.39 is 6.09 Å². The van der Waals surface area contributed by atoms with E-state index in [1.807, 2.05) is 56.0 Å². The van der Waals surface area contributed by atoms with Crippen molar-refractivity contribution >= 4 is 23.4 Å². The number of hydrogen-bond acceptors (Lipinski definition) is 4. The van der Waals surface area contributed by atoms with E-state index in [9.17, 15) is 9.59 Å². The summed E-state index contributed by atoms with van der Waals surface area (Å²) < 4.78 is 7.37. The molecule has 156 valence electrons. The van der Waals surface area contributed by atoms with Crippen molar-refractivity contribution in [3.05, 3.63) is 30.6 Å². The van der Waals surface area contributed by atoms with Gasteiger partial charge in [-0.2, -0.15) is 5.10 Å². The number of fused-ring (bicyclic) bond motifs is 1. The van der Waals surface area contributed by atoms with E-state index >= 15 is 0 Å². The molecule has 0 saturated carbocycles. The van der Waals surface area contributed by atoms with Crippen molar-refractivity contribution in [1.29, 1.82) is 0 Å². The third-order valence-electron chi connectivity index (χ3n) is 4.91. The van der Waals surface area contributed by atoms with Crippen LogP contribution in [0.3, 0.4) is 0 Å². The van der Waals surface area contributed by atoms with Crippen molar-refractivity contribution in [2.24, 2.45) is 0 Å². The van der Waals surface area contributed by atoms with Crippen molar-refractivity contribution < 1.29 is 14.3 Å². The monoisotopic (exact) mass is 398 g/mol. The molecule has 1 aromatic carbocycles. The first-order valence-corrected chi connectivity index (χ1v) is 9.96. The Morgan fingerprint density at radius 2 is 1.86 bits per heavy atom. The lowest BCUT2D eigenvalue weighted by Crippen LogP contribution is -2.51. The van der Waals surface area contributed by atoms with Gasteiger partial charge in [0.1, 0.15) is 0 Å². The molecule has 1 aromatic heterocycles. The van der Waals surface area contributed by atoms with Crippen molar-refractivity contribution in [1.82, 2.24) is 9.78 Å². The summed E-state index contributed by atoms with van der Waals surface area (Å²) in [5, 5.41) is 4.47. The number of ether oxygens (including phenoxy) is 1. The molecule has 29 heavy (non-hydrogen) atoms. The van der Waals surface area contributed by atoms with E-state index in [0.717, 1.165) is 11.1 Å². The smallest absolute Gasteiger partial charge is 0.414 e. The molecule has 2 amide bonds. The molecule has 1 aliphatic heterocycles. The van der Waals surface area contributed by atoms with Gasteiger partial charge in [-0.1, -0.05) is 6.07 Å². The number of amides is 2. The lowest BCUT2D eigenvalue weighted by molar-refractivity contribution is -0.117. The number of rotatable bonds is 2. The van der Waals surface area contributed by atoms with Crippen LogP contribution in [-0.4, -0.2) is 40.5 Å². The number of hydrogen-bond donors (Lipinski definition) is 0. The van der Waals surface area contributed by atoms with Gasteiger partial charge in [-0.05, 0) is 59.2 Å². The van der Waals surface area contributed by atoms with Crippen molar-refractivity contribution in [3.63, 3.8) is 0 Å². The third kappa shape index (κ3) is 4.13. The van der Waals surface area contributed by atoms with Crippen molar-refractivity contribution in [2.45, 2.75) is 66.2 Å². The molecule has 0 bridgehead atoms. The van der Waals surface area contributed by atoms with Gasteiger partial charge in [0, 0.05) is 25.2 Å². The maximum absolute atomic E-state index is 12.8. The van der Waals surface area contributed by atoms with Crippen LogP contribution in [0.4, 0.5) is 16.2 Å². The number of aromatic nitrogens is 2. The van der Waals surface area contributed by atoms with Gasteiger partial charge in [0.25, 0.3) is 0 Å². The Labute approximate surface area is 172 Å². The Hall–Kier alpha value is -2.83. The molecule has 3 rings (SSSR count). The van der Waals surface area contributed by atoms with Gasteiger partial charge in [-0.15, -0.1) is 0 Å². The van der Waals surface area contributed by atoms with Crippen LogP contribution >= 0.6 is 0 Å². The maximum Gasteiger partial charge on any atom is 0.414 e. The highest BCUT2D eigenvalue weighted by molar-refractivity contribution is 6.03. The van der Waals surface area contributed by atoms with Crippen LogP contribution < -0.4 is 9.80 Å². The number of carbonyl (C=O) groups excluding carboxylic acids is 2. The second-order valence-corrected chi connectivity index (χ2v) is 8.83. The molecule has 0 unspecified atom stereocenters. The fourth-order valence-electron chi connectivity index (χ4n) is 3.56. The molecular weight excluding hydrogens is 368 g/mol. The Bertz CT molecular complexity index is 926. The molecule has 0 saturated heterocycles. The molecule has 0 aliphatic carbocycles. The van der Waals surface area contributed by atoms with Crippen LogP contribution in [0.25, 0.3) is 11.1 Å². The minimum Gasteiger partial charge on any atom is -0.446 e. The first kappa shape index (κ1) is 20.9. The fourth-order valence-corrected chi connectivity index (χ4v) is 3.56. The lowest BCUT2D eigenvalue weighted by atomic mass is 10.0. The number of nitrogens with zero attached hydrogens (tertiary/aromatic N) is 4. The summed E-state index contributed by atoms with van der Waals surface area (Å²) in [5.41, 5.74) is 3.14. The molecule has 2 heterocycles. The van der Waals surface area contributed by atoms with Crippen LogP contribution in [0.1, 0.15) is 48.5 Å². The van der Waals surface area contributed by atoms with E-state index in [1.165, 1.54) is 0 Å². The number of anilines is 2. The lowest BCUT2D eigenvalue weighted by Gasteiger charge is -2.40. The van der Waals surface area contributed by atoms with Gasteiger partial charge < -0.3 is 9.64 Å². The Balaban J connectivity index is 2.08. The van der Waals surface area contributed by atoms with Gasteiger partial charge in [-0.25, -0.2) is 4.79 Å². The first-order chi connectivity index (χ1) is 13.5. The van der Waals surface area contributed by atoms with Gasteiger partial charge in [0.2, 0.25) is 5.91 Å². The Kier molecular flexibility index (Phi) is 5.43. The van der Waals surface area contributed by atoms with Crippen LogP contribution in [-0.2, 0) is 15.1 Å². The summed E-state index contributed by atoms with van der Waals surface area (Å²) in [6.45, 7) is 13.8. The normalized spacial score (nSPS) is 16.8. The summed E-state index contributed by atoms with van der Waals surface area (Å²) in [6.07, 6.45) is 3.18. The summed E-state index contributed by atoms with van der Waals surface area (Å²) in [7, 11) is 0. The Morgan fingerprint density at radius 1 is 1.17 bits per heavy atom. The highest BCUT2D eigenvalue weighted by atomic mass is 16.6. The zero-order valence-electron chi connectivity index (χ0n) is 18.3. The predicted molar refractivity (Wildman–Crippen MR) is 114 cm³/mol. The zero-order chi connectivity index (χ0) is 21.5. The van der Waals surface area contributed by atoms with Crippen molar-refractivity contribution in [2.75, 3.05) is 16.3 Å². The van der Waals surface area contributed by atoms with E-state index in [4.69, 9.17) is 4.74 Å². The second-order valence-electron chi connectivity index (χ2n) is 8.83. The second kappa shape index (κ2) is 7.54. The van der Waals surface area contributed by atoms with Crippen LogP contribution in [0.2, 0.25) is 0 Å². The van der Waals surface area contributed by atoms with Gasteiger partial charge in [-0.3, -0.25) is 14.4 Å². The van der Waals surface area contributed by atoms with E-state index in [2.05, 4.69) is 25.9 Å². The van der Waals surface area contributed by atoms with Crippen LogP contribution in [0, 0.1) is 0 Å². The maximum atomic E-state index is 12.8. The largest absolute Gasteiger partial charge is 0.446 e. The highest BCUT2D eigenvalue weighted by Gasteiger charge is 2.35. The quantitative estimate of drug-likeness (QED) is 0.751.